The number of nitrogens with one attached hydrogen (secondary N) is 2. The molecule has 20 heavy (non-hydrogen) atoms. The van der Waals surface area contributed by atoms with E-state index in [1.807, 2.05) is 33.8 Å². The number of hydrogen-bond donors (Lipinski definition) is 2. The number of carbonyl (C=O) groups excluding carboxylic acids is 1. The van der Waals surface area contributed by atoms with Gasteiger partial charge in [0, 0.05) is 24.5 Å². The highest BCUT2D eigenvalue weighted by molar-refractivity contribution is 5.76. The van der Waals surface area contributed by atoms with Crippen LogP contribution in [0.2, 0.25) is 0 Å². The maximum absolute atomic E-state index is 13.5. The summed E-state index contributed by atoms with van der Waals surface area (Å²) in [6.07, 6.45) is 1.05. The Morgan fingerprint density at radius 3 is 2.55 bits per heavy atom. The summed E-state index contributed by atoms with van der Waals surface area (Å²) in [6, 6.07) is 6.92. The fourth-order valence-corrected chi connectivity index (χ4v) is 1.98. The third-order valence-corrected chi connectivity index (χ3v) is 2.84. The molecule has 2 N–H and O–H groups in total. The van der Waals surface area contributed by atoms with Gasteiger partial charge in [0.15, 0.2) is 0 Å². The van der Waals surface area contributed by atoms with E-state index in [1.54, 1.807) is 12.1 Å². The molecule has 0 saturated carbocycles. The van der Waals surface area contributed by atoms with E-state index >= 15 is 0 Å². The van der Waals surface area contributed by atoms with Crippen molar-refractivity contribution in [3.05, 3.63) is 35.6 Å². The molecule has 0 spiro atoms. The molecule has 1 amide bonds. The van der Waals surface area contributed by atoms with Crippen molar-refractivity contribution < 1.29 is 9.18 Å². The molecule has 3 nitrogen and oxygen atoms in total. The zero-order chi connectivity index (χ0) is 15.2. The predicted molar refractivity (Wildman–Crippen MR) is 80.1 cm³/mol. The summed E-state index contributed by atoms with van der Waals surface area (Å²) in [5.41, 5.74) is 0.502. The van der Waals surface area contributed by atoms with Gasteiger partial charge in [-0.15, -0.1) is 0 Å². The second-order valence-electron chi connectivity index (χ2n) is 6.20. The largest absolute Gasteiger partial charge is 0.351 e. The summed E-state index contributed by atoms with van der Waals surface area (Å²) in [4.78, 5) is 11.6. The Labute approximate surface area is 121 Å². The highest BCUT2D eigenvalue weighted by Crippen LogP contribution is 2.09. The first-order valence-corrected chi connectivity index (χ1v) is 7.06. The van der Waals surface area contributed by atoms with Gasteiger partial charge in [0.1, 0.15) is 5.82 Å². The lowest BCUT2D eigenvalue weighted by Crippen LogP contribution is -2.42. The minimum atomic E-state index is -0.199. The molecule has 0 heterocycles. The Hall–Kier alpha value is -1.42. The molecule has 0 aromatic heterocycles. The molecule has 1 aromatic rings. The number of amides is 1. The Balaban J connectivity index is 2.29. The van der Waals surface area contributed by atoms with Crippen LogP contribution in [0.4, 0.5) is 4.39 Å². The van der Waals surface area contributed by atoms with Gasteiger partial charge in [0.2, 0.25) is 5.91 Å². The van der Waals surface area contributed by atoms with E-state index in [-0.39, 0.29) is 23.3 Å². The molecule has 1 aromatic carbocycles. The maximum Gasteiger partial charge on any atom is 0.221 e. The Kier molecular flexibility index (Phi) is 6.14. The molecule has 0 aliphatic heterocycles. The van der Waals surface area contributed by atoms with E-state index in [0.717, 1.165) is 0 Å². The van der Waals surface area contributed by atoms with E-state index < -0.39 is 0 Å². The van der Waals surface area contributed by atoms with Gasteiger partial charge in [-0.3, -0.25) is 4.79 Å². The molecule has 0 fully saturated rings. The fourth-order valence-electron chi connectivity index (χ4n) is 1.98. The third-order valence-electron chi connectivity index (χ3n) is 2.84. The zero-order valence-corrected chi connectivity index (χ0v) is 12.8. The van der Waals surface area contributed by atoms with Gasteiger partial charge in [0.05, 0.1) is 0 Å². The molecule has 0 saturated heterocycles. The van der Waals surface area contributed by atoms with Crippen LogP contribution in [0, 0.1) is 5.82 Å². The van der Waals surface area contributed by atoms with Crippen LogP contribution in [-0.2, 0) is 11.2 Å². The second kappa shape index (κ2) is 7.39. The van der Waals surface area contributed by atoms with E-state index in [1.165, 1.54) is 6.07 Å². The number of hydrogen-bond acceptors (Lipinski definition) is 2. The number of rotatable bonds is 6. The Morgan fingerprint density at radius 1 is 1.30 bits per heavy atom. The van der Waals surface area contributed by atoms with Gasteiger partial charge in [-0.1, -0.05) is 18.2 Å². The summed E-state index contributed by atoms with van der Waals surface area (Å²) >= 11 is 0. The fraction of sp³-hybridized carbons (Fsp3) is 0.562. The second-order valence-corrected chi connectivity index (χ2v) is 6.20. The monoisotopic (exact) mass is 280 g/mol. The van der Waals surface area contributed by atoms with Gasteiger partial charge < -0.3 is 10.6 Å². The highest BCUT2D eigenvalue weighted by atomic mass is 19.1. The first kappa shape index (κ1) is 16.6. The number of carbonyl (C=O) groups is 1. The van der Waals surface area contributed by atoms with Crippen molar-refractivity contribution in [2.45, 2.75) is 52.1 Å². The summed E-state index contributed by atoms with van der Waals surface area (Å²) in [5, 5.41) is 6.16. The standard InChI is InChI=1S/C16H25FN2O/c1-12(11-13-7-5-6-8-14(13)17)18-10-9-15(20)19-16(2,3)4/h5-8,12,18H,9-11H2,1-4H3,(H,19,20). The number of halogens is 1. The van der Waals surface area contributed by atoms with Crippen LogP contribution in [0.3, 0.4) is 0 Å². The van der Waals surface area contributed by atoms with Crippen LogP contribution in [-0.4, -0.2) is 24.0 Å². The molecule has 0 aliphatic carbocycles. The lowest BCUT2D eigenvalue weighted by Gasteiger charge is -2.21. The van der Waals surface area contributed by atoms with Crippen LogP contribution in [0.1, 0.15) is 39.7 Å². The van der Waals surface area contributed by atoms with E-state index in [4.69, 9.17) is 0 Å². The van der Waals surface area contributed by atoms with Gasteiger partial charge in [-0.05, 0) is 45.7 Å². The van der Waals surface area contributed by atoms with Crippen molar-refractivity contribution in [2.24, 2.45) is 0 Å². The smallest absolute Gasteiger partial charge is 0.221 e. The molecule has 0 aliphatic rings. The van der Waals surface area contributed by atoms with Crippen molar-refractivity contribution in [1.82, 2.24) is 10.6 Å². The lowest BCUT2D eigenvalue weighted by atomic mass is 10.1. The normalized spacial score (nSPS) is 13.1. The maximum atomic E-state index is 13.5. The molecule has 0 radical (unpaired) electrons. The minimum absolute atomic E-state index is 0.0306. The lowest BCUT2D eigenvalue weighted by molar-refractivity contribution is -0.122. The van der Waals surface area contributed by atoms with E-state index in [0.29, 0.717) is 24.9 Å². The van der Waals surface area contributed by atoms with Gasteiger partial charge >= 0.3 is 0 Å². The van der Waals surface area contributed by atoms with Crippen molar-refractivity contribution in [3.8, 4) is 0 Å². The van der Waals surface area contributed by atoms with Crippen molar-refractivity contribution in [1.29, 1.82) is 0 Å². The van der Waals surface area contributed by atoms with Crippen LogP contribution in [0.5, 0.6) is 0 Å². The predicted octanol–water partition coefficient (Wildman–Crippen LogP) is 2.65. The third kappa shape index (κ3) is 6.66. The molecular weight excluding hydrogens is 255 g/mol. The molecule has 0 bridgehead atoms. The minimum Gasteiger partial charge on any atom is -0.351 e. The molecular formula is C16H25FN2O. The first-order valence-electron chi connectivity index (χ1n) is 7.06. The van der Waals surface area contributed by atoms with E-state index in [9.17, 15) is 9.18 Å². The van der Waals surface area contributed by atoms with Crippen LogP contribution >= 0.6 is 0 Å². The number of benzene rings is 1. The van der Waals surface area contributed by atoms with Gasteiger partial charge in [0.25, 0.3) is 0 Å². The summed E-state index contributed by atoms with van der Waals surface area (Å²) in [7, 11) is 0. The molecule has 1 unspecified atom stereocenters. The van der Waals surface area contributed by atoms with Crippen molar-refractivity contribution in [3.63, 3.8) is 0 Å². The average molecular weight is 280 g/mol. The average Bonchev–Trinajstić information content (AvgIpc) is 2.29. The van der Waals surface area contributed by atoms with Crippen molar-refractivity contribution in [2.75, 3.05) is 6.54 Å². The van der Waals surface area contributed by atoms with E-state index in [2.05, 4.69) is 10.6 Å². The van der Waals surface area contributed by atoms with Crippen LogP contribution < -0.4 is 10.6 Å². The Morgan fingerprint density at radius 2 is 1.95 bits per heavy atom. The first-order chi connectivity index (χ1) is 9.28. The SMILES string of the molecule is CC(Cc1ccccc1F)NCCC(=O)NC(C)(C)C. The van der Waals surface area contributed by atoms with Gasteiger partial charge in [-0.25, -0.2) is 4.39 Å². The zero-order valence-electron chi connectivity index (χ0n) is 12.8. The van der Waals surface area contributed by atoms with Crippen LogP contribution in [0.25, 0.3) is 0 Å². The molecule has 1 atom stereocenters. The molecule has 1 rings (SSSR count). The topological polar surface area (TPSA) is 41.1 Å². The summed E-state index contributed by atoms with van der Waals surface area (Å²) in [5.74, 6) is -0.144. The summed E-state index contributed by atoms with van der Waals surface area (Å²) in [6.45, 7) is 8.46. The van der Waals surface area contributed by atoms with Crippen molar-refractivity contribution >= 4 is 5.91 Å². The Bertz CT molecular complexity index is 440. The summed E-state index contributed by atoms with van der Waals surface area (Å²) < 4.78 is 13.5. The highest BCUT2D eigenvalue weighted by Gasteiger charge is 2.13. The molecule has 112 valence electrons. The van der Waals surface area contributed by atoms with Gasteiger partial charge in [-0.2, -0.15) is 0 Å². The quantitative estimate of drug-likeness (QED) is 0.841. The van der Waals surface area contributed by atoms with Crippen LogP contribution in [0.15, 0.2) is 24.3 Å². The molecule has 4 heteroatoms.